The van der Waals surface area contributed by atoms with Crippen molar-refractivity contribution in [2.75, 3.05) is 23.4 Å². The highest BCUT2D eigenvalue weighted by Crippen LogP contribution is 2.46. The van der Waals surface area contributed by atoms with Crippen LogP contribution in [0.2, 0.25) is 0 Å². The van der Waals surface area contributed by atoms with Gasteiger partial charge in [-0.15, -0.1) is 0 Å². The summed E-state index contributed by atoms with van der Waals surface area (Å²) in [6, 6.07) is 19.8. The lowest BCUT2D eigenvalue weighted by Gasteiger charge is -2.34. The van der Waals surface area contributed by atoms with E-state index in [2.05, 4.69) is 90.5 Å². The van der Waals surface area contributed by atoms with Crippen molar-refractivity contribution >= 4 is 23.1 Å². The van der Waals surface area contributed by atoms with Gasteiger partial charge < -0.3 is 9.80 Å². The van der Waals surface area contributed by atoms with Gasteiger partial charge in [-0.2, -0.15) is 0 Å². The molecular weight excluding hydrogens is 312 g/mol. The summed E-state index contributed by atoms with van der Waals surface area (Å²) in [5.74, 6) is 0. The maximum absolute atomic E-state index is 2.41. The average Bonchev–Trinajstić information content (AvgIpc) is 2.95. The van der Waals surface area contributed by atoms with Crippen molar-refractivity contribution in [3.63, 3.8) is 0 Å². The molecular formula is C21H22N2S. The number of likely N-dealkylation sites (N-methyl/N-ethyl adjacent to an activating group) is 1. The second-order valence-corrected chi connectivity index (χ2v) is 7.32. The van der Waals surface area contributed by atoms with E-state index >= 15 is 0 Å². The van der Waals surface area contributed by atoms with Crippen molar-refractivity contribution in [2.45, 2.75) is 24.3 Å². The number of nitrogens with zero attached hydrogens (tertiary/aromatic N) is 2. The summed E-state index contributed by atoms with van der Waals surface area (Å²) < 4.78 is 0. The van der Waals surface area contributed by atoms with Crippen molar-refractivity contribution in [3.05, 3.63) is 77.4 Å². The van der Waals surface area contributed by atoms with E-state index < -0.39 is 0 Å². The summed E-state index contributed by atoms with van der Waals surface area (Å²) in [6.07, 6.45) is 5.87. The first-order chi connectivity index (χ1) is 11.8. The van der Waals surface area contributed by atoms with Crippen LogP contribution in [0.5, 0.6) is 0 Å². The fraction of sp³-hybridized carbons (Fsp3) is 0.238. The number of hydrogen-bond donors (Lipinski definition) is 0. The predicted octanol–water partition coefficient (Wildman–Crippen LogP) is 5.30. The van der Waals surface area contributed by atoms with Crippen LogP contribution in [0.15, 0.2) is 82.2 Å². The molecule has 1 atom stereocenters. The molecule has 2 aliphatic rings. The molecule has 0 aromatic heterocycles. The van der Waals surface area contributed by atoms with Crippen LogP contribution in [0, 0.1) is 0 Å². The second kappa shape index (κ2) is 6.40. The van der Waals surface area contributed by atoms with E-state index in [0.29, 0.717) is 6.04 Å². The van der Waals surface area contributed by atoms with Gasteiger partial charge in [0.25, 0.3) is 0 Å². The van der Waals surface area contributed by atoms with Crippen LogP contribution in [0.1, 0.15) is 13.3 Å². The van der Waals surface area contributed by atoms with Gasteiger partial charge in [0.15, 0.2) is 0 Å². The highest BCUT2D eigenvalue weighted by atomic mass is 32.2. The van der Waals surface area contributed by atoms with Crippen molar-refractivity contribution in [1.29, 1.82) is 0 Å². The lowest BCUT2D eigenvalue weighted by molar-refractivity contribution is 0.685. The maximum Gasteiger partial charge on any atom is 0.0804 e. The first-order valence-electron chi connectivity index (χ1n) is 8.51. The number of hydrogen-bond acceptors (Lipinski definition) is 3. The largest absolute Gasteiger partial charge is 0.368 e. The third-order valence-electron chi connectivity index (χ3n) is 4.77. The molecule has 2 aromatic carbocycles. The van der Waals surface area contributed by atoms with Gasteiger partial charge in [0.2, 0.25) is 0 Å². The third-order valence-corrected chi connectivity index (χ3v) is 5.89. The Morgan fingerprint density at radius 1 is 1.12 bits per heavy atom. The summed E-state index contributed by atoms with van der Waals surface area (Å²) in [4.78, 5) is 6.13. The summed E-state index contributed by atoms with van der Waals surface area (Å²) in [5.41, 5.74) is 4.06. The fourth-order valence-corrected chi connectivity index (χ4v) is 4.51. The molecule has 24 heavy (non-hydrogen) atoms. The molecule has 0 bridgehead atoms. The lowest BCUT2D eigenvalue weighted by Crippen LogP contribution is -2.35. The molecule has 0 fully saturated rings. The van der Waals surface area contributed by atoms with E-state index in [4.69, 9.17) is 0 Å². The Hall–Kier alpha value is -2.13. The zero-order chi connectivity index (χ0) is 16.5. The van der Waals surface area contributed by atoms with Crippen LogP contribution in [-0.4, -0.2) is 19.6 Å². The molecule has 0 spiro atoms. The smallest absolute Gasteiger partial charge is 0.0804 e. The van der Waals surface area contributed by atoms with Gasteiger partial charge in [-0.1, -0.05) is 48.2 Å². The Bertz CT molecular complexity index is 794. The molecule has 0 radical (unpaired) electrons. The normalized spacial score (nSPS) is 20.6. The molecule has 122 valence electrons. The van der Waals surface area contributed by atoms with Gasteiger partial charge in [-0.05, 0) is 49.3 Å². The third kappa shape index (κ3) is 2.73. The van der Waals surface area contributed by atoms with E-state index in [9.17, 15) is 0 Å². The van der Waals surface area contributed by atoms with E-state index in [-0.39, 0.29) is 0 Å². The highest BCUT2D eigenvalue weighted by Gasteiger charge is 2.27. The monoisotopic (exact) mass is 334 g/mol. The molecule has 4 rings (SSSR count). The molecule has 1 unspecified atom stereocenters. The van der Waals surface area contributed by atoms with Crippen molar-refractivity contribution in [3.8, 4) is 0 Å². The van der Waals surface area contributed by atoms with E-state index in [1.807, 2.05) is 11.8 Å². The zero-order valence-electron chi connectivity index (χ0n) is 14.1. The molecule has 1 heterocycles. The van der Waals surface area contributed by atoms with Gasteiger partial charge in [0, 0.05) is 24.2 Å². The molecule has 0 saturated carbocycles. The van der Waals surface area contributed by atoms with E-state index in [1.165, 1.54) is 26.9 Å². The topological polar surface area (TPSA) is 6.48 Å². The Morgan fingerprint density at radius 3 is 2.58 bits per heavy atom. The fourth-order valence-electron chi connectivity index (χ4n) is 3.31. The molecule has 0 amide bonds. The van der Waals surface area contributed by atoms with E-state index in [1.54, 1.807) is 0 Å². The van der Waals surface area contributed by atoms with Crippen molar-refractivity contribution in [2.24, 2.45) is 0 Å². The quantitative estimate of drug-likeness (QED) is 0.749. The minimum atomic E-state index is 0.503. The highest BCUT2D eigenvalue weighted by molar-refractivity contribution is 8.03. The number of allylic oxidation sites excluding steroid dienone is 1. The summed E-state index contributed by atoms with van der Waals surface area (Å²) >= 11 is 1.89. The van der Waals surface area contributed by atoms with E-state index in [0.717, 1.165) is 13.0 Å². The molecule has 0 saturated heterocycles. The van der Waals surface area contributed by atoms with Crippen LogP contribution in [0.4, 0.5) is 11.4 Å². The van der Waals surface area contributed by atoms with Crippen LogP contribution < -0.4 is 9.80 Å². The minimum Gasteiger partial charge on any atom is -0.368 e. The van der Waals surface area contributed by atoms with Crippen LogP contribution in [-0.2, 0) is 0 Å². The summed E-state index contributed by atoms with van der Waals surface area (Å²) in [5, 5.41) is 1.35. The summed E-state index contributed by atoms with van der Waals surface area (Å²) in [7, 11) is 2.18. The van der Waals surface area contributed by atoms with Crippen molar-refractivity contribution in [1.82, 2.24) is 0 Å². The van der Waals surface area contributed by atoms with Crippen LogP contribution in [0.3, 0.4) is 0 Å². The number of fused-ring (bicyclic) bond motifs is 1. The Balaban J connectivity index is 1.50. The van der Waals surface area contributed by atoms with Gasteiger partial charge >= 0.3 is 0 Å². The van der Waals surface area contributed by atoms with Crippen LogP contribution in [0.25, 0.3) is 0 Å². The molecule has 3 heteroatoms. The minimum absolute atomic E-state index is 0.503. The van der Waals surface area contributed by atoms with Gasteiger partial charge in [0.05, 0.1) is 16.8 Å². The van der Waals surface area contributed by atoms with Gasteiger partial charge in [-0.25, -0.2) is 0 Å². The predicted molar refractivity (Wildman–Crippen MR) is 105 cm³/mol. The Labute approximate surface area is 148 Å². The van der Waals surface area contributed by atoms with Gasteiger partial charge in [-0.3, -0.25) is 0 Å². The molecule has 0 N–H and O–H groups in total. The average molecular weight is 334 g/mol. The number of benzene rings is 2. The summed E-state index contributed by atoms with van der Waals surface area (Å²) in [6.45, 7) is 3.23. The second-order valence-electron chi connectivity index (χ2n) is 6.26. The van der Waals surface area contributed by atoms with Gasteiger partial charge in [0.1, 0.15) is 0 Å². The molecule has 1 aliphatic carbocycles. The number of rotatable bonds is 4. The van der Waals surface area contributed by atoms with Crippen molar-refractivity contribution < 1.29 is 0 Å². The first-order valence-corrected chi connectivity index (χ1v) is 9.32. The molecule has 2 nitrogen and oxygen atoms in total. The number of para-hydroxylation sites is 2. The molecule has 1 aliphatic heterocycles. The Kier molecular flexibility index (Phi) is 4.11. The zero-order valence-corrected chi connectivity index (χ0v) is 15.0. The lowest BCUT2D eigenvalue weighted by atomic mass is 9.91. The number of thioether (sulfide) groups is 1. The number of anilines is 2. The SMILES string of the molecule is CCN1C(=CC2=CC(N(C)c3ccccc3)C2)Sc2ccccc21. The Morgan fingerprint density at radius 2 is 1.83 bits per heavy atom. The first kappa shape index (κ1) is 15.4. The van der Waals surface area contributed by atoms with Crippen LogP contribution >= 0.6 is 11.8 Å². The molecule has 2 aromatic rings. The maximum atomic E-state index is 2.41. The standard InChI is InChI=1S/C21H22N2S/c1-3-23-19-11-7-8-12-20(19)24-21(23)15-16-13-18(14-16)22(2)17-9-5-4-6-10-17/h4-13,15,18H,3,14H2,1-2H3.